The molecule has 3 heteroatoms. The highest BCUT2D eigenvalue weighted by Gasteiger charge is 2.43. The number of piperidine rings is 1. The fraction of sp³-hybridized carbons (Fsp3) is 0.917. The largest absolute Gasteiger partial charge is 0.280 e. The van der Waals surface area contributed by atoms with E-state index in [2.05, 4.69) is 33.8 Å². The van der Waals surface area contributed by atoms with Crippen LogP contribution in [0.25, 0.3) is 0 Å². The zero-order chi connectivity index (χ0) is 11.7. The van der Waals surface area contributed by atoms with Gasteiger partial charge in [0.1, 0.15) is 0 Å². The molecule has 1 aliphatic heterocycles. The van der Waals surface area contributed by atoms with Crippen LogP contribution in [0.1, 0.15) is 53.9 Å². The third-order valence-electron chi connectivity index (χ3n) is 3.12. The Bertz CT molecular complexity index is 249. The second-order valence-electron chi connectivity index (χ2n) is 5.65. The third kappa shape index (κ3) is 2.70. The van der Waals surface area contributed by atoms with Crippen molar-refractivity contribution in [3.8, 4) is 6.07 Å². The van der Waals surface area contributed by atoms with E-state index in [9.17, 15) is 0 Å². The minimum absolute atomic E-state index is 0.0207. The van der Waals surface area contributed by atoms with Gasteiger partial charge in [-0.2, -0.15) is 10.3 Å². The summed E-state index contributed by atoms with van der Waals surface area (Å²) in [7, 11) is 0. The van der Waals surface area contributed by atoms with Crippen molar-refractivity contribution in [2.75, 3.05) is 0 Å². The molecule has 15 heavy (non-hydrogen) atoms. The Morgan fingerprint density at radius 2 is 1.67 bits per heavy atom. The smallest absolute Gasteiger partial charge is 0.162 e. The summed E-state index contributed by atoms with van der Waals surface area (Å²) in [5, 5.41) is 10.8. The van der Waals surface area contributed by atoms with E-state index >= 15 is 0 Å². The molecule has 1 aliphatic rings. The maximum absolute atomic E-state index is 8.80. The minimum Gasteiger partial charge on any atom is -0.280 e. The van der Waals surface area contributed by atoms with E-state index in [4.69, 9.17) is 10.1 Å². The zero-order valence-corrected chi connectivity index (χ0v) is 10.5. The Morgan fingerprint density at radius 3 is 2.07 bits per heavy atom. The topological polar surface area (TPSA) is 36.3 Å². The van der Waals surface area contributed by atoms with Crippen LogP contribution in [0.3, 0.4) is 0 Å². The van der Waals surface area contributed by atoms with Crippen LogP contribution in [-0.2, 0) is 4.84 Å². The predicted octanol–water partition coefficient (Wildman–Crippen LogP) is 2.87. The predicted molar refractivity (Wildman–Crippen MR) is 60.0 cm³/mol. The lowest BCUT2D eigenvalue weighted by atomic mass is 9.82. The molecule has 0 saturated carbocycles. The summed E-state index contributed by atoms with van der Waals surface area (Å²) >= 11 is 0. The first-order valence-corrected chi connectivity index (χ1v) is 5.66. The van der Waals surface area contributed by atoms with Crippen LogP contribution in [-0.4, -0.2) is 22.2 Å². The summed E-state index contributed by atoms with van der Waals surface area (Å²) in [4.78, 5) is 5.74. The molecule has 0 N–H and O–H groups in total. The molecule has 1 heterocycles. The number of hydroxylamine groups is 2. The van der Waals surface area contributed by atoms with Gasteiger partial charge in [0.15, 0.2) is 6.10 Å². The molecule has 86 valence electrons. The Hall–Kier alpha value is -0.590. The first kappa shape index (κ1) is 12.5. The second kappa shape index (κ2) is 4.11. The minimum atomic E-state index is -0.373. The Labute approximate surface area is 93.0 Å². The number of rotatable bonds is 2. The molecule has 0 bridgehead atoms. The van der Waals surface area contributed by atoms with E-state index in [1.165, 1.54) is 6.42 Å². The average molecular weight is 210 g/mol. The van der Waals surface area contributed by atoms with E-state index in [0.29, 0.717) is 0 Å². The molecule has 3 nitrogen and oxygen atoms in total. The lowest BCUT2D eigenvalue weighted by molar-refractivity contribution is -0.292. The summed E-state index contributed by atoms with van der Waals surface area (Å²) in [6.07, 6.45) is 3.09. The van der Waals surface area contributed by atoms with Gasteiger partial charge in [-0.05, 0) is 53.9 Å². The molecule has 0 amide bonds. The lowest BCUT2D eigenvalue weighted by Crippen LogP contribution is -2.59. The fourth-order valence-electron chi connectivity index (χ4n) is 2.44. The van der Waals surface area contributed by atoms with Crippen molar-refractivity contribution in [3.05, 3.63) is 0 Å². The zero-order valence-electron chi connectivity index (χ0n) is 10.5. The van der Waals surface area contributed by atoms with Crippen LogP contribution >= 0.6 is 0 Å². The molecular formula is C12H22N2O. The van der Waals surface area contributed by atoms with Gasteiger partial charge >= 0.3 is 0 Å². The molecule has 0 spiro atoms. The summed E-state index contributed by atoms with van der Waals surface area (Å²) < 4.78 is 0. The van der Waals surface area contributed by atoms with Crippen molar-refractivity contribution in [3.63, 3.8) is 0 Å². The lowest BCUT2D eigenvalue weighted by Gasteiger charge is -2.51. The van der Waals surface area contributed by atoms with Crippen LogP contribution < -0.4 is 0 Å². The quantitative estimate of drug-likeness (QED) is 0.703. The Morgan fingerprint density at radius 1 is 1.20 bits per heavy atom. The summed E-state index contributed by atoms with van der Waals surface area (Å²) in [5.41, 5.74) is 0.0414. The Kier molecular flexibility index (Phi) is 3.42. The number of hydrogen-bond donors (Lipinski definition) is 0. The van der Waals surface area contributed by atoms with Gasteiger partial charge in [-0.3, -0.25) is 4.84 Å². The van der Waals surface area contributed by atoms with Crippen molar-refractivity contribution in [2.24, 2.45) is 0 Å². The van der Waals surface area contributed by atoms with Gasteiger partial charge in [0, 0.05) is 11.1 Å². The van der Waals surface area contributed by atoms with Gasteiger partial charge in [0.25, 0.3) is 0 Å². The number of hydrogen-bond acceptors (Lipinski definition) is 3. The number of nitrogens with zero attached hydrogens (tertiary/aromatic N) is 2. The Balaban J connectivity index is 2.83. The second-order valence-corrected chi connectivity index (χ2v) is 5.65. The molecule has 0 radical (unpaired) electrons. The highest BCUT2D eigenvalue weighted by atomic mass is 16.7. The molecule has 1 unspecified atom stereocenters. The molecule has 0 aromatic heterocycles. The van der Waals surface area contributed by atoms with Gasteiger partial charge < -0.3 is 0 Å². The maximum atomic E-state index is 8.80. The highest BCUT2D eigenvalue weighted by Crippen LogP contribution is 2.38. The summed E-state index contributed by atoms with van der Waals surface area (Å²) in [6, 6.07) is 2.12. The van der Waals surface area contributed by atoms with E-state index in [1.54, 1.807) is 6.92 Å². The fourth-order valence-corrected chi connectivity index (χ4v) is 2.44. The molecule has 0 aliphatic carbocycles. The van der Waals surface area contributed by atoms with Crippen LogP contribution in [0.5, 0.6) is 0 Å². The van der Waals surface area contributed by atoms with Gasteiger partial charge in [0.2, 0.25) is 0 Å². The monoisotopic (exact) mass is 210 g/mol. The molecule has 1 rings (SSSR count). The first-order chi connectivity index (χ1) is 6.79. The normalized spacial score (nSPS) is 26.9. The van der Waals surface area contributed by atoms with E-state index in [-0.39, 0.29) is 17.2 Å². The average Bonchev–Trinajstić information content (AvgIpc) is 2.10. The molecule has 1 saturated heterocycles. The van der Waals surface area contributed by atoms with E-state index in [0.717, 1.165) is 12.8 Å². The van der Waals surface area contributed by atoms with E-state index < -0.39 is 0 Å². The van der Waals surface area contributed by atoms with Crippen LogP contribution in [0.2, 0.25) is 0 Å². The van der Waals surface area contributed by atoms with Crippen molar-refractivity contribution in [2.45, 2.75) is 71.1 Å². The van der Waals surface area contributed by atoms with Crippen molar-refractivity contribution in [1.82, 2.24) is 5.06 Å². The molecule has 1 atom stereocenters. The standard InChI is InChI=1S/C12H22N2O/c1-10(9-13)15-14-11(2,3)7-6-8-12(14,4)5/h10H,6-8H2,1-5H3. The van der Waals surface area contributed by atoms with Crippen LogP contribution in [0.15, 0.2) is 0 Å². The van der Waals surface area contributed by atoms with Gasteiger partial charge in [0.05, 0.1) is 6.07 Å². The van der Waals surface area contributed by atoms with Crippen molar-refractivity contribution < 1.29 is 4.84 Å². The van der Waals surface area contributed by atoms with Crippen LogP contribution in [0.4, 0.5) is 0 Å². The van der Waals surface area contributed by atoms with Crippen molar-refractivity contribution >= 4 is 0 Å². The third-order valence-corrected chi connectivity index (χ3v) is 3.12. The van der Waals surface area contributed by atoms with Crippen molar-refractivity contribution in [1.29, 1.82) is 5.26 Å². The van der Waals surface area contributed by atoms with Gasteiger partial charge in [-0.25, -0.2) is 0 Å². The highest BCUT2D eigenvalue weighted by molar-refractivity contribution is 4.94. The molecule has 1 fully saturated rings. The number of nitriles is 1. The summed E-state index contributed by atoms with van der Waals surface area (Å²) in [6.45, 7) is 10.5. The van der Waals surface area contributed by atoms with E-state index in [1.807, 2.05) is 5.06 Å². The molecule has 0 aromatic carbocycles. The summed E-state index contributed by atoms with van der Waals surface area (Å²) in [5.74, 6) is 0. The van der Waals surface area contributed by atoms with Crippen LogP contribution in [0, 0.1) is 11.3 Å². The molecular weight excluding hydrogens is 188 g/mol. The van der Waals surface area contributed by atoms with Gasteiger partial charge in [-0.1, -0.05) is 0 Å². The maximum Gasteiger partial charge on any atom is 0.162 e. The first-order valence-electron chi connectivity index (χ1n) is 5.66. The SMILES string of the molecule is CC(C#N)ON1C(C)(C)CCCC1(C)C. The van der Waals surface area contributed by atoms with Gasteiger partial charge in [-0.15, -0.1) is 0 Å². The molecule has 0 aromatic rings.